The van der Waals surface area contributed by atoms with Crippen molar-refractivity contribution in [2.75, 3.05) is 13.2 Å². The minimum Gasteiger partial charge on any atom is -0.466 e. The molecule has 1 amide bonds. The highest BCUT2D eigenvalue weighted by atomic mass is 16.5. The summed E-state index contributed by atoms with van der Waals surface area (Å²) in [6, 6.07) is -0.630. The van der Waals surface area contributed by atoms with E-state index in [1.807, 2.05) is 6.08 Å². The van der Waals surface area contributed by atoms with Crippen LogP contribution in [0, 0.1) is 0 Å². The van der Waals surface area contributed by atoms with E-state index >= 15 is 0 Å². The number of aliphatic hydroxyl groups is 2. The van der Waals surface area contributed by atoms with E-state index in [-0.39, 0.29) is 18.5 Å². The Bertz CT molecular complexity index is 1120. The van der Waals surface area contributed by atoms with E-state index in [1.165, 1.54) is 257 Å². The van der Waals surface area contributed by atoms with Gasteiger partial charge in [-0.2, -0.15) is 0 Å². The van der Waals surface area contributed by atoms with Crippen molar-refractivity contribution in [3.8, 4) is 0 Å². The van der Waals surface area contributed by atoms with Crippen LogP contribution in [0.2, 0.25) is 0 Å². The van der Waals surface area contributed by atoms with E-state index < -0.39 is 12.1 Å². The third-order valence-electron chi connectivity index (χ3n) is 14.1. The summed E-state index contributed by atoms with van der Waals surface area (Å²) in [7, 11) is 0. The Hall–Kier alpha value is -1.92. The zero-order valence-electron chi connectivity index (χ0n) is 46.3. The van der Waals surface area contributed by atoms with Gasteiger partial charge < -0.3 is 20.3 Å². The van der Waals surface area contributed by atoms with Crippen LogP contribution in [-0.4, -0.2) is 47.4 Å². The smallest absolute Gasteiger partial charge is 0.305 e. The zero-order valence-corrected chi connectivity index (χ0v) is 46.3. The van der Waals surface area contributed by atoms with Crippen LogP contribution in [0.3, 0.4) is 0 Å². The summed E-state index contributed by atoms with van der Waals surface area (Å²) < 4.78 is 5.49. The molecule has 6 heteroatoms. The van der Waals surface area contributed by atoms with Crippen LogP contribution in [0.4, 0.5) is 0 Å². The normalized spacial score (nSPS) is 12.8. The van der Waals surface area contributed by atoms with Crippen molar-refractivity contribution in [2.45, 2.75) is 341 Å². The zero-order chi connectivity index (χ0) is 50.0. The Morgan fingerprint density at radius 2 is 0.681 bits per heavy atom. The van der Waals surface area contributed by atoms with Gasteiger partial charge in [-0.05, 0) is 83.5 Å². The molecule has 0 spiro atoms. The molecule has 0 aromatic rings. The second kappa shape index (κ2) is 58.6. The number of rotatable bonds is 57. The molecule has 406 valence electrons. The first-order valence-electron chi connectivity index (χ1n) is 30.8. The van der Waals surface area contributed by atoms with Crippen LogP contribution in [0.25, 0.3) is 0 Å². The lowest BCUT2D eigenvalue weighted by Crippen LogP contribution is -2.45. The number of allylic oxidation sites excluding steroid dienone is 5. The first-order valence-corrected chi connectivity index (χ1v) is 30.8. The summed E-state index contributed by atoms with van der Waals surface area (Å²) in [5.74, 6) is -0.0650. The Balaban J connectivity index is 3.39. The average molecular weight is 971 g/mol. The Morgan fingerprint density at radius 3 is 1.03 bits per heavy atom. The Labute approximate surface area is 430 Å². The highest BCUT2D eigenvalue weighted by molar-refractivity contribution is 5.76. The maximum atomic E-state index is 12.4. The van der Waals surface area contributed by atoms with Crippen molar-refractivity contribution in [1.29, 1.82) is 0 Å². The molecule has 0 saturated heterocycles. The number of amides is 1. The molecule has 0 aromatic carbocycles. The number of aliphatic hydroxyl groups excluding tert-OH is 2. The number of hydrogen-bond donors (Lipinski definition) is 3. The molecule has 0 aliphatic rings. The van der Waals surface area contributed by atoms with E-state index in [0.717, 1.165) is 44.9 Å². The molecule has 0 aliphatic heterocycles. The molecule has 0 heterocycles. The second-order valence-corrected chi connectivity index (χ2v) is 21.0. The van der Waals surface area contributed by atoms with Gasteiger partial charge in [0.2, 0.25) is 5.91 Å². The molecule has 0 aliphatic carbocycles. The molecule has 2 unspecified atom stereocenters. The van der Waals surface area contributed by atoms with Gasteiger partial charge in [0.1, 0.15) is 0 Å². The fraction of sp³-hybridized carbons (Fsp3) is 0.873. The summed E-state index contributed by atoms with van der Waals surface area (Å²) in [6.45, 7) is 4.89. The van der Waals surface area contributed by atoms with E-state index in [9.17, 15) is 19.8 Å². The van der Waals surface area contributed by atoms with Crippen molar-refractivity contribution in [2.24, 2.45) is 0 Å². The van der Waals surface area contributed by atoms with Crippen LogP contribution in [0.1, 0.15) is 328 Å². The predicted octanol–water partition coefficient (Wildman–Crippen LogP) is 19.2. The topological polar surface area (TPSA) is 95.9 Å². The van der Waals surface area contributed by atoms with Gasteiger partial charge >= 0.3 is 5.97 Å². The summed E-state index contributed by atoms with van der Waals surface area (Å²) in [5.41, 5.74) is 0. The number of carbonyl (C=O) groups is 2. The van der Waals surface area contributed by atoms with E-state index in [1.54, 1.807) is 6.08 Å². The first-order chi connectivity index (χ1) is 34.0. The lowest BCUT2D eigenvalue weighted by Gasteiger charge is -2.20. The lowest BCUT2D eigenvalue weighted by atomic mass is 10.0. The first kappa shape index (κ1) is 67.1. The minimum absolute atomic E-state index is 0.00856. The standard InChI is InChI=1S/C63H119NO5/c1-3-5-7-9-11-13-15-16-17-26-30-33-37-41-45-49-53-57-63(68)69-58-54-50-46-42-38-34-31-28-25-23-21-19-18-20-22-24-27-29-32-36-40-44-48-52-56-62(67)64-60(59-65)61(66)55-51-47-43-39-35-14-12-10-8-6-4-2/h16-17,20,22,51,55,60-61,65-66H,3-15,18-19,21,23-50,52-54,56-59H2,1-2H3,(H,64,67)/b17-16-,22-20-,55-51+. The molecule has 3 N–H and O–H groups in total. The number of carbonyl (C=O) groups excluding carboxylic acids is 2. The second-order valence-electron chi connectivity index (χ2n) is 21.0. The van der Waals surface area contributed by atoms with Gasteiger partial charge in [-0.15, -0.1) is 0 Å². The van der Waals surface area contributed by atoms with Crippen LogP contribution >= 0.6 is 0 Å². The summed E-state index contributed by atoms with van der Waals surface area (Å²) in [6.07, 6.45) is 73.3. The number of ether oxygens (including phenoxy) is 1. The molecule has 6 nitrogen and oxygen atoms in total. The van der Waals surface area contributed by atoms with Crippen LogP contribution in [0.15, 0.2) is 36.5 Å². The van der Waals surface area contributed by atoms with Gasteiger partial charge in [-0.25, -0.2) is 0 Å². The van der Waals surface area contributed by atoms with Crippen molar-refractivity contribution < 1.29 is 24.5 Å². The van der Waals surface area contributed by atoms with Gasteiger partial charge in [-0.3, -0.25) is 9.59 Å². The minimum atomic E-state index is -0.846. The number of unbranched alkanes of at least 4 members (excludes halogenated alkanes) is 42. The van der Waals surface area contributed by atoms with Gasteiger partial charge in [0.25, 0.3) is 0 Å². The molecule has 0 aromatic heterocycles. The van der Waals surface area contributed by atoms with Crippen molar-refractivity contribution in [3.05, 3.63) is 36.5 Å². The molecular weight excluding hydrogens is 851 g/mol. The van der Waals surface area contributed by atoms with Gasteiger partial charge in [-0.1, -0.05) is 269 Å². The van der Waals surface area contributed by atoms with Crippen molar-refractivity contribution in [3.63, 3.8) is 0 Å². The molecule has 0 bridgehead atoms. The fourth-order valence-electron chi connectivity index (χ4n) is 9.39. The Morgan fingerprint density at radius 1 is 0.391 bits per heavy atom. The molecule has 0 rings (SSSR count). The lowest BCUT2D eigenvalue weighted by molar-refractivity contribution is -0.143. The van der Waals surface area contributed by atoms with E-state index in [2.05, 4.69) is 43.5 Å². The van der Waals surface area contributed by atoms with E-state index in [0.29, 0.717) is 19.4 Å². The third kappa shape index (κ3) is 55.2. The van der Waals surface area contributed by atoms with Crippen molar-refractivity contribution >= 4 is 11.9 Å². The van der Waals surface area contributed by atoms with Crippen LogP contribution in [0.5, 0.6) is 0 Å². The molecule has 0 radical (unpaired) electrons. The molecule has 2 atom stereocenters. The number of esters is 1. The fourth-order valence-corrected chi connectivity index (χ4v) is 9.39. The summed E-state index contributed by atoms with van der Waals surface area (Å²) in [5, 5.41) is 23.0. The molecular formula is C63H119NO5. The van der Waals surface area contributed by atoms with Gasteiger partial charge in [0, 0.05) is 12.8 Å². The highest BCUT2D eigenvalue weighted by Crippen LogP contribution is 2.16. The largest absolute Gasteiger partial charge is 0.466 e. The van der Waals surface area contributed by atoms with Gasteiger partial charge in [0.05, 0.1) is 25.4 Å². The maximum Gasteiger partial charge on any atom is 0.305 e. The quantitative estimate of drug-likeness (QED) is 0.0321. The summed E-state index contributed by atoms with van der Waals surface area (Å²) in [4.78, 5) is 24.5. The molecule has 69 heavy (non-hydrogen) atoms. The Kier molecular flexibility index (Phi) is 57.0. The van der Waals surface area contributed by atoms with Crippen molar-refractivity contribution in [1.82, 2.24) is 5.32 Å². The number of hydrogen-bond acceptors (Lipinski definition) is 5. The maximum absolute atomic E-state index is 12.4. The van der Waals surface area contributed by atoms with E-state index in [4.69, 9.17) is 4.74 Å². The number of nitrogens with one attached hydrogen (secondary N) is 1. The summed E-state index contributed by atoms with van der Waals surface area (Å²) >= 11 is 0. The third-order valence-corrected chi connectivity index (χ3v) is 14.1. The predicted molar refractivity (Wildman–Crippen MR) is 301 cm³/mol. The highest BCUT2D eigenvalue weighted by Gasteiger charge is 2.18. The molecule has 0 saturated carbocycles. The monoisotopic (exact) mass is 970 g/mol. The SMILES string of the molecule is CCCCCCCC/C=C\CCCCCCCCCC(=O)OCCCCCCCCCCCCCC/C=C\CCCCCCCCCCC(=O)NC(CO)C(O)/C=C/CCCCCCCCCCC. The average Bonchev–Trinajstić information content (AvgIpc) is 3.35. The molecule has 0 fully saturated rings. The van der Waals surface area contributed by atoms with Crippen LogP contribution in [-0.2, 0) is 14.3 Å². The van der Waals surface area contributed by atoms with Gasteiger partial charge in [0.15, 0.2) is 0 Å². The van der Waals surface area contributed by atoms with Crippen LogP contribution < -0.4 is 5.32 Å².